The topological polar surface area (TPSA) is 32.3 Å². The monoisotopic (exact) mass is 319 g/mol. The van der Waals surface area contributed by atoms with Gasteiger partial charge in [0, 0.05) is 21.2 Å². The molecule has 0 aromatic heterocycles. The third kappa shape index (κ3) is 4.26. The highest BCUT2D eigenvalue weighted by Crippen LogP contribution is 2.22. The molecular weight excluding hydrogens is 310 g/mol. The van der Waals surface area contributed by atoms with Crippen molar-refractivity contribution in [3.05, 3.63) is 39.3 Å². The van der Waals surface area contributed by atoms with Crippen LogP contribution in [0.2, 0.25) is 0 Å². The molecule has 0 amide bonds. The van der Waals surface area contributed by atoms with Crippen LogP contribution in [0, 0.1) is 0 Å². The quantitative estimate of drug-likeness (QED) is 0.835. The van der Waals surface area contributed by atoms with Crippen LogP contribution in [0.5, 0.6) is 0 Å². The van der Waals surface area contributed by atoms with Crippen LogP contribution in [-0.4, -0.2) is 18.3 Å². The molecule has 0 aliphatic heterocycles. The summed E-state index contributed by atoms with van der Waals surface area (Å²) in [6, 6.07) is 5.98. The zero-order valence-electron chi connectivity index (χ0n) is 7.50. The van der Waals surface area contributed by atoms with Gasteiger partial charge in [0.25, 0.3) is 0 Å². The minimum Gasteiger partial charge on any atom is -0.392 e. The Hall–Kier alpha value is -0.320. The predicted molar refractivity (Wildman–Crippen MR) is 66.6 cm³/mol. The summed E-state index contributed by atoms with van der Waals surface area (Å²) >= 11 is 6.82. The van der Waals surface area contributed by atoms with Crippen LogP contribution in [0.1, 0.15) is 0 Å². The Morgan fingerprint density at radius 1 is 1.14 bits per heavy atom. The molecule has 76 valence electrons. The highest BCUT2D eigenvalue weighted by atomic mass is 79.9. The largest absolute Gasteiger partial charge is 0.392 e. The average molecular weight is 321 g/mol. The van der Waals surface area contributed by atoms with Crippen LogP contribution in [0.4, 0.5) is 5.69 Å². The second-order valence-electron chi connectivity index (χ2n) is 2.69. The lowest BCUT2D eigenvalue weighted by molar-refractivity contribution is 0.342. The number of benzene rings is 1. The average Bonchev–Trinajstić information content (AvgIpc) is 2.11. The lowest BCUT2D eigenvalue weighted by Gasteiger charge is -2.04. The van der Waals surface area contributed by atoms with E-state index >= 15 is 0 Å². The number of halogens is 2. The molecule has 0 aliphatic carbocycles. The fourth-order valence-electron chi connectivity index (χ4n) is 0.991. The fourth-order valence-corrected chi connectivity index (χ4v) is 2.28. The molecule has 0 radical (unpaired) electrons. The molecule has 2 nitrogen and oxygen atoms in total. The van der Waals surface area contributed by atoms with E-state index in [2.05, 4.69) is 37.2 Å². The van der Waals surface area contributed by atoms with Gasteiger partial charge < -0.3 is 10.4 Å². The Balaban J connectivity index is 2.54. The van der Waals surface area contributed by atoms with Gasteiger partial charge in [-0.3, -0.25) is 0 Å². The summed E-state index contributed by atoms with van der Waals surface area (Å²) in [5.41, 5.74) is 1.04. The molecule has 0 saturated carbocycles. The van der Waals surface area contributed by atoms with E-state index < -0.39 is 0 Å². The molecule has 4 heteroatoms. The number of hydrogen-bond acceptors (Lipinski definition) is 2. The summed E-state index contributed by atoms with van der Waals surface area (Å²) in [5, 5.41) is 11.7. The Bertz CT molecular complexity index is 306. The highest BCUT2D eigenvalue weighted by Gasteiger charge is 1.95. The van der Waals surface area contributed by atoms with Crippen LogP contribution in [0.15, 0.2) is 39.3 Å². The third-order valence-electron chi connectivity index (χ3n) is 1.56. The van der Waals surface area contributed by atoms with Crippen LogP contribution in [0.25, 0.3) is 0 Å². The van der Waals surface area contributed by atoms with Crippen LogP contribution >= 0.6 is 31.9 Å². The Kier molecular flexibility index (Phi) is 5.22. The van der Waals surface area contributed by atoms with Gasteiger partial charge in [0.1, 0.15) is 0 Å². The van der Waals surface area contributed by atoms with E-state index in [1.807, 2.05) is 24.3 Å². The molecule has 0 bridgehead atoms. The maximum absolute atomic E-state index is 8.52. The molecule has 0 fully saturated rings. The van der Waals surface area contributed by atoms with Gasteiger partial charge in [0.05, 0.1) is 6.61 Å². The molecule has 0 aliphatic rings. The van der Waals surface area contributed by atoms with Gasteiger partial charge in [-0.1, -0.05) is 44.0 Å². The highest BCUT2D eigenvalue weighted by molar-refractivity contribution is 9.11. The Labute approximate surface area is 100 Å². The van der Waals surface area contributed by atoms with E-state index in [1.165, 1.54) is 0 Å². The summed E-state index contributed by atoms with van der Waals surface area (Å²) in [4.78, 5) is 0. The summed E-state index contributed by atoms with van der Waals surface area (Å²) in [6.07, 6.45) is 3.59. The van der Waals surface area contributed by atoms with Gasteiger partial charge in [-0.05, 0) is 18.2 Å². The Morgan fingerprint density at radius 3 is 2.36 bits per heavy atom. The predicted octanol–water partition coefficient (Wildman–Crippen LogP) is 3.17. The smallest absolute Gasteiger partial charge is 0.0613 e. The van der Waals surface area contributed by atoms with E-state index in [0.29, 0.717) is 6.54 Å². The molecule has 0 heterocycles. The lowest BCUT2D eigenvalue weighted by Crippen LogP contribution is -1.98. The first-order chi connectivity index (χ1) is 6.72. The molecule has 0 unspecified atom stereocenters. The molecule has 1 rings (SSSR count). The molecule has 1 aromatic rings. The molecule has 0 atom stereocenters. The lowest BCUT2D eigenvalue weighted by atomic mass is 10.3. The molecule has 1 aromatic carbocycles. The number of nitrogens with one attached hydrogen (secondary N) is 1. The number of anilines is 1. The van der Waals surface area contributed by atoms with Crippen molar-refractivity contribution < 1.29 is 5.11 Å². The number of aliphatic hydroxyl groups is 1. The van der Waals surface area contributed by atoms with Gasteiger partial charge in [0.15, 0.2) is 0 Å². The second kappa shape index (κ2) is 6.22. The maximum Gasteiger partial charge on any atom is 0.0613 e. The van der Waals surface area contributed by atoms with E-state index in [0.717, 1.165) is 14.6 Å². The first-order valence-electron chi connectivity index (χ1n) is 4.18. The summed E-state index contributed by atoms with van der Waals surface area (Å²) in [5.74, 6) is 0. The minimum absolute atomic E-state index is 0.0872. The van der Waals surface area contributed by atoms with Crippen molar-refractivity contribution in [3.8, 4) is 0 Å². The van der Waals surface area contributed by atoms with Crippen LogP contribution in [0.3, 0.4) is 0 Å². The molecule has 0 spiro atoms. The summed E-state index contributed by atoms with van der Waals surface area (Å²) in [7, 11) is 0. The second-order valence-corrected chi connectivity index (χ2v) is 4.52. The molecule has 14 heavy (non-hydrogen) atoms. The molecular formula is C10H11Br2NO. The van der Waals surface area contributed by atoms with Crippen molar-refractivity contribution in [2.45, 2.75) is 0 Å². The summed E-state index contributed by atoms with van der Waals surface area (Å²) < 4.78 is 2.06. The standard InChI is InChI=1S/C10H11Br2NO/c11-8-5-9(12)7-10(6-8)13-3-1-2-4-14/h1-2,5-7,13-14H,3-4H2. The molecule has 0 saturated heterocycles. The zero-order valence-corrected chi connectivity index (χ0v) is 10.7. The number of rotatable bonds is 4. The van der Waals surface area contributed by atoms with Gasteiger partial charge in [-0.25, -0.2) is 0 Å². The van der Waals surface area contributed by atoms with Gasteiger partial charge in [-0.15, -0.1) is 0 Å². The van der Waals surface area contributed by atoms with E-state index in [4.69, 9.17) is 5.11 Å². The first-order valence-corrected chi connectivity index (χ1v) is 5.77. The zero-order chi connectivity index (χ0) is 10.4. The first kappa shape index (κ1) is 11.8. The van der Waals surface area contributed by atoms with Crippen molar-refractivity contribution in [2.24, 2.45) is 0 Å². The van der Waals surface area contributed by atoms with Gasteiger partial charge >= 0.3 is 0 Å². The summed E-state index contributed by atoms with van der Waals surface area (Å²) in [6.45, 7) is 0.799. The van der Waals surface area contributed by atoms with Gasteiger partial charge in [-0.2, -0.15) is 0 Å². The maximum atomic E-state index is 8.52. The van der Waals surface area contributed by atoms with Crippen molar-refractivity contribution in [3.63, 3.8) is 0 Å². The van der Waals surface area contributed by atoms with Crippen molar-refractivity contribution in [1.29, 1.82) is 0 Å². The normalized spacial score (nSPS) is 10.8. The van der Waals surface area contributed by atoms with Crippen molar-refractivity contribution in [2.75, 3.05) is 18.5 Å². The van der Waals surface area contributed by atoms with Crippen molar-refractivity contribution in [1.82, 2.24) is 0 Å². The number of hydrogen-bond donors (Lipinski definition) is 2. The Morgan fingerprint density at radius 2 is 1.79 bits per heavy atom. The van der Waals surface area contributed by atoms with E-state index in [1.54, 1.807) is 6.08 Å². The van der Waals surface area contributed by atoms with Gasteiger partial charge in [0.2, 0.25) is 0 Å². The van der Waals surface area contributed by atoms with Crippen LogP contribution in [-0.2, 0) is 0 Å². The van der Waals surface area contributed by atoms with E-state index in [9.17, 15) is 0 Å². The molecule has 2 N–H and O–H groups in total. The van der Waals surface area contributed by atoms with E-state index in [-0.39, 0.29) is 6.61 Å². The number of aliphatic hydroxyl groups excluding tert-OH is 1. The SMILES string of the molecule is OCC=CCNc1cc(Br)cc(Br)c1. The third-order valence-corrected chi connectivity index (χ3v) is 2.47. The fraction of sp³-hybridized carbons (Fsp3) is 0.200. The van der Waals surface area contributed by atoms with Crippen molar-refractivity contribution >= 4 is 37.5 Å². The van der Waals surface area contributed by atoms with Crippen LogP contribution < -0.4 is 5.32 Å². The minimum atomic E-state index is 0.0872.